The third-order valence-corrected chi connectivity index (χ3v) is 10.7. The highest BCUT2D eigenvalue weighted by Gasteiger charge is 2.28. The maximum absolute atomic E-state index is 15.2. The van der Waals surface area contributed by atoms with Crippen molar-refractivity contribution in [3.8, 4) is 21.8 Å². The minimum absolute atomic E-state index is 0.0117. The van der Waals surface area contributed by atoms with Gasteiger partial charge in [-0.15, -0.1) is 11.3 Å². The number of sulfonamides is 1. The molecule has 0 bridgehead atoms. The van der Waals surface area contributed by atoms with Crippen molar-refractivity contribution in [2.45, 2.75) is 24.4 Å². The third kappa shape index (κ3) is 7.71. The molecule has 2 N–H and O–H groups in total. The lowest BCUT2D eigenvalue weighted by molar-refractivity contribution is 0.221. The Morgan fingerprint density at radius 3 is 2.28 bits per heavy atom. The lowest BCUT2D eigenvalue weighted by Gasteiger charge is -2.35. The number of alkyl halides is 2. The first kappa shape index (κ1) is 35.2. The standard InChI is InChI=1S/C34H32F5N7O2S2/c1-34(2,39)32-43-29(21-5-3-6-23(19-21)44-50(47,48)31-24(36)7-4-8-25(31)37)30(49-32)27-11-13-40-33(42-27)41-22-9-10-28(26(38)20-22)46-17-15-45(14-12-35)16-18-46/h3-11,13,19-20,44H,12,14-18H2,1-2H3,(H,40,41,42). The number of benzene rings is 3. The van der Waals surface area contributed by atoms with Gasteiger partial charge in [-0.3, -0.25) is 9.62 Å². The maximum Gasteiger partial charge on any atom is 0.267 e. The Hall–Kier alpha value is -4.67. The van der Waals surface area contributed by atoms with E-state index in [2.05, 4.69) is 25.0 Å². The van der Waals surface area contributed by atoms with E-state index >= 15 is 8.78 Å². The second kappa shape index (κ2) is 14.3. The number of rotatable bonds is 11. The number of halogens is 5. The van der Waals surface area contributed by atoms with Gasteiger partial charge >= 0.3 is 0 Å². The largest absolute Gasteiger partial charge is 0.367 e. The van der Waals surface area contributed by atoms with Crippen molar-refractivity contribution in [3.63, 3.8) is 0 Å². The van der Waals surface area contributed by atoms with Crippen LogP contribution in [0.4, 0.5) is 45.0 Å². The molecule has 1 aliphatic rings. The molecule has 0 unspecified atom stereocenters. The fourth-order valence-electron chi connectivity index (χ4n) is 5.47. The van der Waals surface area contributed by atoms with E-state index in [0.29, 0.717) is 60.2 Å². The summed E-state index contributed by atoms with van der Waals surface area (Å²) in [5, 5.41) is 3.13. The molecule has 0 radical (unpaired) electrons. The molecule has 6 rings (SSSR count). The molecule has 1 fully saturated rings. The summed E-state index contributed by atoms with van der Waals surface area (Å²) in [4.78, 5) is 16.6. The van der Waals surface area contributed by atoms with Crippen LogP contribution in [0.1, 0.15) is 18.9 Å². The minimum Gasteiger partial charge on any atom is -0.367 e. The zero-order valence-corrected chi connectivity index (χ0v) is 28.6. The summed E-state index contributed by atoms with van der Waals surface area (Å²) in [7, 11) is -4.66. The van der Waals surface area contributed by atoms with Crippen LogP contribution < -0.4 is 14.9 Å². The Balaban J connectivity index is 1.27. The van der Waals surface area contributed by atoms with Crippen molar-refractivity contribution in [1.82, 2.24) is 19.9 Å². The van der Waals surface area contributed by atoms with E-state index in [1.807, 2.05) is 9.80 Å². The summed E-state index contributed by atoms with van der Waals surface area (Å²) < 4.78 is 99.9. The first-order valence-electron chi connectivity index (χ1n) is 15.5. The van der Waals surface area contributed by atoms with E-state index in [9.17, 15) is 21.6 Å². The maximum atomic E-state index is 15.2. The summed E-state index contributed by atoms with van der Waals surface area (Å²) in [6.45, 7) is 5.06. The topological polar surface area (TPSA) is 103 Å². The van der Waals surface area contributed by atoms with E-state index in [4.69, 9.17) is 0 Å². The molecule has 1 aliphatic heterocycles. The van der Waals surface area contributed by atoms with Crippen LogP contribution in [0.3, 0.4) is 0 Å². The Labute approximate surface area is 289 Å². The van der Waals surface area contributed by atoms with Crippen molar-refractivity contribution >= 4 is 44.4 Å². The van der Waals surface area contributed by atoms with Gasteiger partial charge in [-0.25, -0.2) is 45.3 Å². The normalized spacial score (nSPS) is 14.2. The number of nitrogens with one attached hydrogen (secondary N) is 2. The molecule has 2 aromatic heterocycles. The van der Waals surface area contributed by atoms with Crippen LogP contribution in [0.15, 0.2) is 77.8 Å². The average molecular weight is 730 g/mol. The lowest BCUT2D eigenvalue weighted by atomic mass is 10.1. The van der Waals surface area contributed by atoms with Crippen molar-refractivity contribution < 1.29 is 30.4 Å². The predicted octanol–water partition coefficient (Wildman–Crippen LogP) is 7.52. The van der Waals surface area contributed by atoms with Crippen LogP contribution in [-0.2, 0) is 15.7 Å². The Kier molecular flexibility index (Phi) is 10.0. The van der Waals surface area contributed by atoms with Crippen molar-refractivity contribution in [2.24, 2.45) is 0 Å². The number of anilines is 4. The number of thiazole rings is 1. The van der Waals surface area contributed by atoms with Gasteiger partial charge in [0.15, 0.2) is 10.6 Å². The van der Waals surface area contributed by atoms with Gasteiger partial charge in [0.25, 0.3) is 10.0 Å². The highest BCUT2D eigenvalue weighted by atomic mass is 32.2. The number of hydrogen-bond donors (Lipinski definition) is 2. The number of nitrogens with zero attached hydrogens (tertiary/aromatic N) is 5. The molecule has 9 nitrogen and oxygen atoms in total. The first-order valence-corrected chi connectivity index (χ1v) is 17.8. The quantitative estimate of drug-likeness (QED) is 0.135. The molecule has 5 aromatic rings. The summed E-state index contributed by atoms with van der Waals surface area (Å²) >= 11 is 1.04. The highest BCUT2D eigenvalue weighted by molar-refractivity contribution is 7.92. The lowest BCUT2D eigenvalue weighted by Crippen LogP contribution is -2.47. The van der Waals surface area contributed by atoms with Crippen LogP contribution >= 0.6 is 11.3 Å². The summed E-state index contributed by atoms with van der Waals surface area (Å²) in [5.41, 5.74) is -0.0228. The van der Waals surface area contributed by atoms with E-state index in [0.717, 1.165) is 29.5 Å². The second-order valence-electron chi connectivity index (χ2n) is 12.0. The fraction of sp³-hybridized carbons (Fsp3) is 0.265. The molecule has 50 heavy (non-hydrogen) atoms. The Morgan fingerprint density at radius 1 is 0.880 bits per heavy atom. The molecule has 0 spiro atoms. The average Bonchev–Trinajstić information content (AvgIpc) is 3.52. The molecule has 0 amide bonds. The minimum atomic E-state index is -4.66. The van der Waals surface area contributed by atoms with Crippen LogP contribution in [0.5, 0.6) is 0 Å². The molecular formula is C34H32F5N7O2S2. The molecule has 0 aliphatic carbocycles. The van der Waals surface area contributed by atoms with E-state index in [1.54, 1.807) is 24.3 Å². The summed E-state index contributed by atoms with van der Waals surface area (Å²) in [5.74, 6) is -2.82. The van der Waals surface area contributed by atoms with Gasteiger partial charge in [-0.05, 0) is 62.4 Å². The fourth-order valence-corrected chi connectivity index (χ4v) is 7.71. The van der Waals surface area contributed by atoms with Gasteiger partial charge in [0.05, 0.1) is 22.0 Å². The number of aromatic nitrogens is 3. The van der Waals surface area contributed by atoms with Crippen LogP contribution in [-0.4, -0.2) is 67.7 Å². The highest BCUT2D eigenvalue weighted by Crippen LogP contribution is 2.41. The molecule has 1 saturated heterocycles. The second-order valence-corrected chi connectivity index (χ2v) is 14.6. The third-order valence-electron chi connectivity index (χ3n) is 7.92. The zero-order chi connectivity index (χ0) is 35.6. The summed E-state index contributed by atoms with van der Waals surface area (Å²) in [6.07, 6.45) is 1.48. The van der Waals surface area contributed by atoms with Crippen LogP contribution in [0.25, 0.3) is 21.8 Å². The molecule has 262 valence electrons. The zero-order valence-electron chi connectivity index (χ0n) is 26.9. The van der Waals surface area contributed by atoms with Crippen molar-refractivity contribution in [2.75, 3.05) is 54.3 Å². The van der Waals surface area contributed by atoms with E-state index in [1.165, 1.54) is 44.3 Å². The Morgan fingerprint density at radius 2 is 1.60 bits per heavy atom. The SMILES string of the molecule is CC(C)(F)c1nc(-c2cccc(NS(=O)(=O)c3c(F)cccc3F)c2)c(-c2ccnc(Nc3ccc(N4CCN(CCF)CC4)c(F)c3)n2)s1. The van der Waals surface area contributed by atoms with Crippen molar-refractivity contribution in [3.05, 3.63) is 95.4 Å². The van der Waals surface area contributed by atoms with Gasteiger partial charge in [0.1, 0.15) is 29.1 Å². The number of hydrogen-bond acceptors (Lipinski definition) is 9. The monoisotopic (exact) mass is 729 g/mol. The smallest absolute Gasteiger partial charge is 0.267 e. The van der Waals surface area contributed by atoms with Gasteiger partial charge in [-0.1, -0.05) is 18.2 Å². The molecular weight excluding hydrogens is 698 g/mol. The number of piperazine rings is 1. The molecule has 16 heteroatoms. The van der Waals surface area contributed by atoms with Gasteiger partial charge < -0.3 is 10.2 Å². The summed E-state index contributed by atoms with van der Waals surface area (Å²) in [6, 6.07) is 15.0. The van der Waals surface area contributed by atoms with Crippen LogP contribution in [0, 0.1) is 17.5 Å². The first-order chi connectivity index (χ1) is 23.8. The predicted molar refractivity (Wildman–Crippen MR) is 184 cm³/mol. The van der Waals surface area contributed by atoms with Crippen LogP contribution in [0.2, 0.25) is 0 Å². The van der Waals surface area contributed by atoms with Crippen molar-refractivity contribution in [1.29, 1.82) is 0 Å². The molecule has 3 heterocycles. The van der Waals surface area contributed by atoms with Gasteiger partial charge in [0.2, 0.25) is 5.95 Å². The van der Waals surface area contributed by atoms with E-state index in [-0.39, 0.29) is 22.3 Å². The Bertz CT molecular complexity index is 2100. The molecule has 0 atom stereocenters. The van der Waals surface area contributed by atoms with Gasteiger partial charge in [0, 0.05) is 55.9 Å². The molecule has 0 saturated carbocycles. The van der Waals surface area contributed by atoms with E-state index < -0.39 is 44.7 Å². The molecule has 3 aromatic carbocycles. The van der Waals surface area contributed by atoms with Gasteiger partial charge in [-0.2, -0.15) is 0 Å².